The molecule has 126 valence electrons. The SMILES string of the molecule is COC(=O)C[C@H](C(=O)c1ccc(C(C)(C)C)cc1)c1ccccc1. The van der Waals surface area contributed by atoms with Crippen LogP contribution in [0.2, 0.25) is 0 Å². The molecule has 2 aromatic carbocycles. The molecule has 0 radical (unpaired) electrons. The van der Waals surface area contributed by atoms with E-state index >= 15 is 0 Å². The van der Waals surface area contributed by atoms with E-state index in [1.165, 1.54) is 12.7 Å². The summed E-state index contributed by atoms with van der Waals surface area (Å²) in [5.41, 5.74) is 2.64. The summed E-state index contributed by atoms with van der Waals surface area (Å²) in [6, 6.07) is 17.0. The molecule has 0 saturated heterocycles. The first kappa shape index (κ1) is 17.9. The number of carbonyl (C=O) groups is 2. The van der Waals surface area contributed by atoms with Crippen LogP contribution in [0.1, 0.15) is 54.6 Å². The van der Waals surface area contributed by atoms with Gasteiger partial charge >= 0.3 is 5.97 Å². The first-order valence-corrected chi connectivity index (χ1v) is 8.09. The lowest BCUT2D eigenvalue weighted by Gasteiger charge is -2.20. The molecule has 0 bridgehead atoms. The summed E-state index contributed by atoms with van der Waals surface area (Å²) in [5, 5.41) is 0. The maximum atomic E-state index is 12.9. The predicted molar refractivity (Wildman–Crippen MR) is 95.3 cm³/mol. The van der Waals surface area contributed by atoms with Gasteiger partial charge < -0.3 is 4.74 Å². The van der Waals surface area contributed by atoms with Crippen molar-refractivity contribution < 1.29 is 14.3 Å². The number of hydrogen-bond donors (Lipinski definition) is 0. The molecule has 3 nitrogen and oxygen atoms in total. The Balaban J connectivity index is 2.32. The second-order valence-corrected chi connectivity index (χ2v) is 6.94. The number of hydrogen-bond acceptors (Lipinski definition) is 3. The van der Waals surface area contributed by atoms with Crippen LogP contribution in [0.5, 0.6) is 0 Å². The van der Waals surface area contributed by atoms with Crippen LogP contribution in [-0.2, 0) is 14.9 Å². The highest BCUT2D eigenvalue weighted by Crippen LogP contribution is 2.27. The van der Waals surface area contributed by atoms with Gasteiger partial charge in [-0.05, 0) is 16.5 Å². The Kier molecular flexibility index (Phi) is 5.55. The number of methoxy groups -OCH3 is 1. The summed E-state index contributed by atoms with van der Waals surface area (Å²) in [5.74, 6) is -0.977. The van der Waals surface area contributed by atoms with Crippen molar-refractivity contribution in [3.63, 3.8) is 0 Å². The Morgan fingerprint density at radius 3 is 2.04 bits per heavy atom. The van der Waals surface area contributed by atoms with Gasteiger partial charge in [0.2, 0.25) is 0 Å². The molecular weight excluding hydrogens is 300 g/mol. The molecule has 0 amide bonds. The number of ether oxygens (including phenoxy) is 1. The van der Waals surface area contributed by atoms with Crippen LogP contribution in [0.15, 0.2) is 54.6 Å². The zero-order valence-electron chi connectivity index (χ0n) is 14.7. The zero-order chi connectivity index (χ0) is 17.7. The van der Waals surface area contributed by atoms with Crippen LogP contribution >= 0.6 is 0 Å². The van der Waals surface area contributed by atoms with Crippen LogP contribution in [0, 0.1) is 0 Å². The van der Waals surface area contributed by atoms with E-state index in [9.17, 15) is 9.59 Å². The third-order valence-electron chi connectivity index (χ3n) is 4.15. The molecule has 0 aliphatic rings. The van der Waals surface area contributed by atoms with Crippen molar-refractivity contribution in [2.45, 2.75) is 38.5 Å². The molecule has 0 heterocycles. The molecule has 3 heteroatoms. The first-order valence-electron chi connectivity index (χ1n) is 8.09. The molecule has 0 unspecified atom stereocenters. The normalized spacial score (nSPS) is 12.5. The highest BCUT2D eigenvalue weighted by atomic mass is 16.5. The van der Waals surface area contributed by atoms with E-state index in [1.54, 1.807) is 0 Å². The number of esters is 1. The van der Waals surface area contributed by atoms with E-state index in [2.05, 4.69) is 20.8 Å². The van der Waals surface area contributed by atoms with Gasteiger partial charge in [0, 0.05) is 5.56 Å². The molecule has 0 fully saturated rings. The Bertz CT molecular complexity index is 694. The Morgan fingerprint density at radius 1 is 0.958 bits per heavy atom. The number of benzene rings is 2. The van der Waals surface area contributed by atoms with Gasteiger partial charge in [-0.1, -0.05) is 75.4 Å². The van der Waals surface area contributed by atoms with Gasteiger partial charge in [-0.25, -0.2) is 0 Å². The van der Waals surface area contributed by atoms with Crippen LogP contribution in [0.4, 0.5) is 0 Å². The average molecular weight is 324 g/mol. The van der Waals surface area contributed by atoms with Crippen molar-refractivity contribution in [2.24, 2.45) is 0 Å². The summed E-state index contributed by atoms with van der Waals surface area (Å²) in [6.07, 6.45) is 0.0420. The van der Waals surface area contributed by atoms with E-state index in [0.717, 1.165) is 5.56 Å². The highest BCUT2D eigenvalue weighted by molar-refractivity contribution is 6.02. The van der Waals surface area contributed by atoms with E-state index in [-0.39, 0.29) is 23.6 Å². The van der Waals surface area contributed by atoms with Crippen molar-refractivity contribution in [1.82, 2.24) is 0 Å². The van der Waals surface area contributed by atoms with Crippen molar-refractivity contribution in [1.29, 1.82) is 0 Å². The van der Waals surface area contributed by atoms with Gasteiger partial charge in [0.1, 0.15) is 0 Å². The molecule has 0 aliphatic carbocycles. The average Bonchev–Trinajstić information content (AvgIpc) is 2.59. The summed E-state index contributed by atoms with van der Waals surface area (Å²) in [4.78, 5) is 24.7. The van der Waals surface area contributed by atoms with Gasteiger partial charge in [0.05, 0.1) is 19.4 Å². The molecule has 0 aliphatic heterocycles. The first-order chi connectivity index (χ1) is 11.3. The Morgan fingerprint density at radius 2 is 1.54 bits per heavy atom. The van der Waals surface area contributed by atoms with Crippen molar-refractivity contribution >= 4 is 11.8 Å². The quantitative estimate of drug-likeness (QED) is 0.600. The summed E-state index contributed by atoms with van der Waals surface area (Å²) >= 11 is 0. The molecule has 0 N–H and O–H groups in total. The second-order valence-electron chi connectivity index (χ2n) is 6.94. The molecule has 1 atom stereocenters. The smallest absolute Gasteiger partial charge is 0.306 e. The maximum absolute atomic E-state index is 12.9. The zero-order valence-corrected chi connectivity index (χ0v) is 14.7. The van der Waals surface area contributed by atoms with Crippen molar-refractivity contribution in [3.8, 4) is 0 Å². The highest BCUT2D eigenvalue weighted by Gasteiger charge is 2.25. The molecule has 2 rings (SSSR count). The monoisotopic (exact) mass is 324 g/mol. The number of Topliss-reactive ketones (excluding diaryl/α,β-unsaturated/α-hetero) is 1. The maximum Gasteiger partial charge on any atom is 0.306 e. The molecule has 0 spiro atoms. The lowest BCUT2D eigenvalue weighted by molar-refractivity contribution is -0.140. The lowest BCUT2D eigenvalue weighted by atomic mass is 9.84. The molecular formula is C21H24O3. The van der Waals surface area contributed by atoms with Gasteiger partial charge in [-0.2, -0.15) is 0 Å². The van der Waals surface area contributed by atoms with E-state index in [1.807, 2.05) is 54.6 Å². The van der Waals surface area contributed by atoms with Crippen LogP contribution in [0.25, 0.3) is 0 Å². The molecule has 0 aromatic heterocycles. The standard InChI is InChI=1S/C21H24O3/c1-21(2,3)17-12-10-16(11-13-17)20(23)18(14-19(22)24-4)15-8-6-5-7-9-15/h5-13,18H,14H2,1-4H3/t18-/m0/s1. The van der Waals surface area contributed by atoms with E-state index < -0.39 is 5.92 Å². The molecule has 2 aromatic rings. The van der Waals surface area contributed by atoms with Gasteiger partial charge in [0.25, 0.3) is 0 Å². The minimum absolute atomic E-state index is 0.0342. The third kappa shape index (κ3) is 4.31. The fourth-order valence-electron chi connectivity index (χ4n) is 2.63. The number of rotatable bonds is 5. The van der Waals surface area contributed by atoms with Gasteiger partial charge in [0.15, 0.2) is 5.78 Å². The van der Waals surface area contributed by atoms with E-state index in [0.29, 0.717) is 5.56 Å². The summed E-state index contributed by atoms with van der Waals surface area (Å²) < 4.78 is 4.76. The van der Waals surface area contributed by atoms with Crippen molar-refractivity contribution in [3.05, 3.63) is 71.3 Å². The molecule has 24 heavy (non-hydrogen) atoms. The molecule has 0 saturated carbocycles. The second kappa shape index (κ2) is 7.43. The minimum atomic E-state index is -0.529. The number of ketones is 1. The summed E-state index contributed by atoms with van der Waals surface area (Å²) in [7, 11) is 1.34. The number of carbonyl (C=O) groups excluding carboxylic acids is 2. The van der Waals surface area contributed by atoms with Crippen LogP contribution in [0.3, 0.4) is 0 Å². The van der Waals surface area contributed by atoms with Gasteiger partial charge in [-0.15, -0.1) is 0 Å². The van der Waals surface area contributed by atoms with Crippen LogP contribution in [-0.4, -0.2) is 18.9 Å². The Hall–Kier alpha value is -2.42. The van der Waals surface area contributed by atoms with Crippen molar-refractivity contribution in [2.75, 3.05) is 7.11 Å². The minimum Gasteiger partial charge on any atom is -0.469 e. The topological polar surface area (TPSA) is 43.4 Å². The Labute approximate surface area is 143 Å². The van der Waals surface area contributed by atoms with E-state index in [4.69, 9.17) is 4.74 Å². The largest absolute Gasteiger partial charge is 0.469 e. The predicted octanol–water partition coefficient (Wildman–Crippen LogP) is 4.51. The fraction of sp³-hybridized carbons (Fsp3) is 0.333. The summed E-state index contributed by atoms with van der Waals surface area (Å²) in [6.45, 7) is 6.40. The lowest BCUT2D eigenvalue weighted by Crippen LogP contribution is -2.18. The fourth-order valence-corrected chi connectivity index (χ4v) is 2.63. The van der Waals surface area contributed by atoms with Crippen LogP contribution < -0.4 is 0 Å². The third-order valence-corrected chi connectivity index (χ3v) is 4.15. The van der Waals surface area contributed by atoms with Gasteiger partial charge in [-0.3, -0.25) is 9.59 Å².